The van der Waals surface area contributed by atoms with Crippen LogP contribution in [0.1, 0.15) is 38.7 Å². The fraction of sp³-hybridized carbons (Fsp3) is 0.412. The number of hydrogen-bond acceptors (Lipinski definition) is 3. The minimum atomic E-state index is -0.463. The van der Waals surface area contributed by atoms with Crippen molar-refractivity contribution in [2.75, 3.05) is 6.61 Å². The molecule has 1 amide bonds. The minimum Gasteiger partial charge on any atom is -0.462 e. The SMILES string of the molecule is CC1=C(C(=O)OCC(C)C)[C@H](c2cccc(Cl)c2Cl)CC(=O)N1. The van der Waals surface area contributed by atoms with E-state index in [-0.39, 0.29) is 18.2 Å². The molecule has 124 valence electrons. The van der Waals surface area contributed by atoms with E-state index in [1.54, 1.807) is 25.1 Å². The molecule has 1 aliphatic rings. The highest BCUT2D eigenvalue weighted by atomic mass is 35.5. The Morgan fingerprint density at radius 1 is 1.39 bits per heavy atom. The highest BCUT2D eigenvalue weighted by molar-refractivity contribution is 6.42. The monoisotopic (exact) mass is 355 g/mol. The Morgan fingerprint density at radius 3 is 2.74 bits per heavy atom. The Labute approximate surface area is 145 Å². The van der Waals surface area contributed by atoms with Gasteiger partial charge in [-0.15, -0.1) is 0 Å². The van der Waals surface area contributed by atoms with Crippen LogP contribution in [0.2, 0.25) is 10.0 Å². The van der Waals surface area contributed by atoms with Gasteiger partial charge in [0.15, 0.2) is 0 Å². The molecule has 0 bridgehead atoms. The molecule has 0 spiro atoms. The Kier molecular flexibility index (Phi) is 5.71. The molecule has 1 aromatic rings. The van der Waals surface area contributed by atoms with Crippen LogP contribution in [-0.4, -0.2) is 18.5 Å². The summed E-state index contributed by atoms with van der Waals surface area (Å²) in [5, 5.41) is 3.44. The zero-order valence-corrected chi connectivity index (χ0v) is 14.8. The molecule has 1 atom stereocenters. The molecule has 1 N–H and O–H groups in total. The number of hydrogen-bond donors (Lipinski definition) is 1. The van der Waals surface area contributed by atoms with Crippen LogP contribution in [0.5, 0.6) is 0 Å². The molecule has 0 radical (unpaired) electrons. The predicted molar refractivity (Wildman–Crippen MR) is 90.5 cm³/mol. The summed E-state index contributed by atoms with van der Waals surface area (Å²) in [6.07, 6.45) is 0.128. The Bertz CT molecular complexity index is 668. The first kappa shape index (κ1) is 17.8. The van der Waals surface area contributed by atoms with Crippen molar-refractivity contribution in [3.8, 4) is 0 Å². The zero-order chi connectivity index (χ0) is 17.1. The van der Waals surface area contributed by atoms with E-state index in [0.717, 1.165) is 0 Å². The lowest BCUT2D eigenvalue weighted by Crippen LogP contribution is -2.34. The van der Waals surface area contributed by atoms with E-state index in [1.807, 2.05) is 13.8 Å². The van der Waals surface area contributed by atoms with E-state index in [1.165, 1.54) is 0 Å². The molecule has 1 aromatic carbocycles. The average Bonchev–Trinajstić information content (AvgIpc) is 2.47. The number of rotatable bonds is 4. The minimum absolute atomic E-state index is 0.128. The largest absolute Gasteiger partial charge is 0.462 e. The summed E-state index contributed by atoms with van der Waals surface area (Å²) >= 11 is 12.4. The van der Waals surface area contributed by atoms with E-state index < -0.39 is 11.9 Å². The molecule has 0 unspecified atom stereocenters. The number of nitrogens with one attached hydrogen (secondary N) is 1. The van der Waals surface area contributed by atoms with Crippen LogP contribution in [0.4, 0.5) is 0 Å². The number of ether oxygens (including phenoxy) is 1. The number of carbonyl (C=O) groups excluding carboxylic acids is 2. The number of carbonyl (C=O) groups is 2. The molecule has 23 heavy (non-hydrogen) atoms. The summed E-state index contributed by atoms with van der Waals surface area (Å²) in [4.78, 5) is 24.4. The van der Waals surface area contributed by atoms with Gasteiger partial charge in [-0.2, -0.15) is 0 Å². The summed E-state index contributed by atoms with van der Waals surface area (Å²) in [5.74, 6) is -0.831. The van der Waals surface area contributed by atoms with Crippen molar-refractivity contribution in [3.05, 3.63) is 45.1 Å². The number of allylic oxidation sites excluding steroid dienone is 1. The summed E-state index contributed by atoms with van der Waals surface area (Å²) in [6, 6.07) is 5.20. The first-order valence-electron chi connectivity index (χ1n) is 7.43. The lowest BCUT2D eigenvalue weighted by molar-refractivity contribution is -0.140. The number of amides is 1. The maximum absolute atomic E-state index is 12.5. The molecule has 1 aliphatic heterocycles. The number of halogens is 2. The van der Waals surface area contributed by atoms with Crippen LogP contribution in [0.15, 0.2) is 29.5 Å². The predicted octanol–water partition coefficient (Wildman–Crippen LogP) is 4.07. The second kappa shape index (κ2) is 7.37. The lowest BCUT2D eigenvalue weighted by atomic mass is 9.84. The van der Waals surface area contributed by atoms with Gasteiger partial charge in [0.1, 0.15) is 0 Å². The van der Waals surface area contributed by atoms with E-state index in [4.69, 9.17) is 27.9 Å². The highest BCUT2D eigenvalue weighted by Crippen LogP contribution is 2.39. The third-order valence-electron chi connectivity index (χ3n) is 3.59. The Hall–Kier alpha value is -1.52. The molecule has 0 saturated carbocycles. The van der Waals surface area contributed by atoms with Gasteiger partial charge in [0.2, 0.25) is 5.91 Å². The molecule has 2 rings (SSSR count). The second-order valence-electron chi connectivity index (χ2n) is 5.98. The quantitative estimate of drug-likeness (QED) is 0.828. The fourth-order valence-electron chi connectivity index (χ4n) is 2.55. The van der Waals surface area contributed by atoms with Gasteiger partial charge >= 0.3 is 5.97 Å². The van der Waals surface area contributed by atoms with E-state index in [9.17, 15) is 9.59 Å². The van der Waals surface area contributed by atoms with Gasteiger partial charge in [-0.3, -0.25) is 4.79 Å². The summed E-state index contributed by atoms with van der Waals surface area (Å²) in [6.45, 7) is 5.93. The number of esters is 1. The summed E-state index contributed by atoms with van der Waals surface area (Å²) in [7, 11) is 0. The molecule has 6 heteroatoms. The van der Waals surface area contributed by atoms with Gasteiger partial charge in [0, 0.05) is 18.0 Å². The van der Waals surface area contributed by atoms with Crippen LogP contribution >= 0.6 is 23.2 Å². The van der Waals surface area contributed by atoms with E-state index in [0.29, 0.717) is 33.5 Å². The lowest BCUT2D eigenvalue weighted by Gasteiger charge is -2.27. The van der Waals surface area contributed by atoms with Crippen LogP contribution < -0.4 is 5.32 Å². The first-order valence-corrected chi connectivity index (χ1v) is 8.18. The van der Waals surface area contributed by atoms with Gasteiger partial charge in [-0.25, -0.2) is 4.79 Å². The molecule has 0 aromatic heterocycles. The molecule has 1 heterocycles. The molecule has 0 saturated heterocycles. The van der Waals surface area contributed by atoms with E-state index in [2.05, 4.69) is 5.32 Å². The van der Waals surface area contributed by atoms with Crippen LogP contribution in [0.25, 0.3) is 0 Å². The molecule has 4 nitrogen and oxygen atoms in total. The van der Waals surface area contributed by atoms with Crippen LogP contribution in [-0.2, 0) is 14.3 Å². The van der Waals surface area contributed by atoms with Crippen LogP contribution in [0.3, 0.4) is 0 Å². The van der Waals surface area contributed by atoms with Gasteiger partial charge in [-0.1, -0.05) is 49.2 Å². The fourth-order valence-corrected chi connectivity index (χ4v) is 2.99. The topological polar surface area (TPSA) is 55.4 Å². The molecular weight excluding hydrogens is 337 g/mol. The van der Waals surface area contributed by atoms with Gasteiger partial charge in [0.25, 0.3) is 0 Å². The van der Waals surface area contributed by atoms with Crippen LogP contribution in [0, 0.1) is 5.92 Å². The third kappa shape index (κ3) is 4.06. The first-order chi connectivity index (χ1) is 10.8. The Balaban J connectivity index is 2.42. The van der Waals surface area contributed by atoms with Crippen molar-refractivity contribution >= 4 is 35.1 Å². The summed E-state index contributed by atoms with van der Waals surface area (Å²) in [5.41, 5.74) is 1.58. The zero-order valence-electron chi connectivity index (χ0n) is 13.3. The third-order valence-corrected chi connectivity index (χ3v) is 4.43. The Morgan fingerprint density at radius 2 is 2.09 bits per heavy atom. The maximum Gasteiger partial charge on any atom is 0.336 e. The smallest absolute Gasteiger partial charge is 0.336 e. The number of benzene rings is 1. The summed E-state index contributed by atoms with van der Waals surface area (Å²) < 4.78 is 5.35. The van der Waals surface area contributed by atoms with E-state index >= 15 is 0 Å². The van der Waals surface area contributed by atoms with Crippen molar-refractivity contribution in [3.63, 3.8) is 0 Å². The van der Waals surface area contributed by atoms with Crippen molar-refractivity contribution in [2.45, 2.75) is 33.1 Å². The standard InChI is InChI=1S/C17H19Cl2NO3/c1-9(2)8-23-17(22)15-10(3)20-14(21)7-12(15)11-5-4-6-13(18)16(11)19/h4-6,9,12H,7-8H2,1-3H3,(H,20,21)/t12-/m0/s1. The molecule has 0 aliphatic carbocycles. The second-order valence-corrected chi connectivity index (χ2v) is 6.76. The maximum atomic E-state index is 12.5. The van der Waals surface area contributed by atoms with Crippen molar-refractivity contribution in [1.29, 1.82) is 0 Å². The van der Waals surface area contributed by atoms with Crippen molar-refractivity contribution < 1.29 is 14.3 Å². The van der Waals surface area contributed by atoms with Gasteiger partial charge in [0.05, 0.1) is 22.2 Å². The normalized spacial score (nSPS) is 18.2. The van der Waals surface area contributed by atoms with Gasteiger partial charge in [-0.05, 0) is 24.5 Å². The molecular formula is C17H19Cl2NO3. The van der Waals surface area contributed by atoms with Gasteiger partial charge < -0.3 is 10.1 Å². The average molecular weight is 356 g/mol. The highest BCUT2D eigenvalue weighted by Gasteiger charge is 2.34. The molecule has 0 fully saturated rings. The van der Waals surface area contributed by atoms with Crippen molar-refractivity contribution in [2.24, 2.45) is 5.92 Å². The van der Waals surface area contributed by atoms with Crippen molar-refractivity contribution in [1.82, 2.24) is 5.32 Å².